The van der Waals surface area contributed by atoms with E-state index < -0.39 is 6.04 Å². The Morgan fingerprint density at radius 1 is 0.941 bits per heavy atom. The van der Waals surface area contributed by atoms with Gasteiger partial charge in [-0.05, 0) is 61.4 Å². The first-order valence-corrected chi connectivity index (χ1v) is 11.9. The van der Waals surface area contributed by atoms with Crippen molar-refractivity contribution in [2.24, 2.45) is 0 Å². The maximum Gasteiger partial charge on any atom is 0.261 e. The third-order valence-corrected chi connectivity index (χ3v) is 5.67. The number of rotatable bonds is 10. The fourth-order valence-electron chi connectivity index (χ4n) is 3.48. The molecule has 0 aliphatic rings. The molecular formula is C27H28BrFN2O3. The Balaban J connectivity index is 1.89. The standard InChI is InChI=1S/C27H28BrFN2O3/c1-19(2)30-27(33)25(16-20-6-4-3-5-7-20)31(17-21-8-10-22(28)11-9-21)26(32)18-34-24-14-12-23(29)13-15-24/h3-15,19,25H,16-18H2,1-2H3,(H,30,33). The van der Waals surface area contributed by atoms with Crippen LogP contribution >= 0.6 is 15.9 Å². The maximum atomic E-state index is 13.4. The summed E-state index contributed by atoms with van der Waals surface area (Å²) in [4.78, 5) is 28.2. The van der Waals surface area contributed by atoms with Gasteiger partial charge in [-0.15, -0.1) is 0 Å². The molecule has 0 saturated heterocycles. The van der Waals surface area contributed by atoms with E-state index in [1.165, 1.54) is 24.3 Å². The van der Waals surface area contributed by atoms with Gasteiger partial charge in [0.25, 0.3) is 5.91 Å². The lowest BCUT2D eigenvalue weighted by atomic mass is 10.0. The number of ether oxygens (including phenoxy) is 1. The number of amides is 2. The van der Waals surface area contributed by atoms with Crippen LogP contribution in [0.5, 0.6) is 5.75 Å². The lowest BCUT2D eigenvalue weighted by Crippen LogP contribution is -2.52. The van der Waals surface area contributed by atoms with E-state index in [0.29, 0.717) is 12.2 Å². The topological polar surface area (TPSA) is 58.6 Å². The summed E-state index contributed by atoms with van der Waals surface area (Å²) in [5, 5.41) is 2.95. The Labute approximate surface area is 208 Å². The second-order valence-electron chi connectivity index (χ2n) is 8.26. The van der Waals surface area contributed by atoms with Crippen molar-refractivity contribution in [1.29, 1.82) is 0 Å². The summed E-state index contributed by atoms with van der Waals surface area (Å²) in [6.07, 6.45) is 0.359. The predicted octanol–water partition coefficient (Wildman–Crippen LogP) is 5.13. The van der Waals surface area contributed by atoms with Crippen LogP contribution in [0.3, 0.4) is 0 Å². The Morgan fingerprint density at radius 2 is 1.59 bits per heavy atom. The quantitative estimate of drug-likeness (QED) is 0.398. The molecule has 1 atom stereocenters. The molecule has 0 aliphatic carbocycles. The number of halogens is 2. The first kappa shape index (κ1) is 25.4. The first-order chi connectivity index (χ1) is 16.3. The minimum Gasteiger partial charge on any atom is -0.484 e. The summed E-state index contributed by atoms with van der Waals surface area (Å²) in [6, 6.07) is 21.9. The molecule has 178 valence electrons. The van der Waals surface area contributed by atoms with Crippen molar-refractivity contribution < 1.29 is 18.7 Å². The van der Waals surface area contributed by atoms with Crippen molar-refractivity contribution in [1.82, 2.24) is 10.2 Å². The monoisotopic (exact) mass is 526 g/mol. The van der Waals surface area contributed by atoms with Crippen LogP contribution in [0.15, 0.2) is 83.3 Å². The second-order valence-corrected chi connectivity index (χ2v) is 9.18. The molecule has 0 aromatic heterocycles. The van der Waals surface area contributed by atoms with E-state index in [-0.39, 0.29) is 36.8 Å². The Kier molecular flexibility index (Phi) is 9.22. The van der Waals surface area contributed by atoms with E-state index in [0.717, 1.165) is 15.6 Å². The van der Waals surface area contributed by atoms with Gasteiger partial charge in [-0.3, -0.25) is 9.59 Å². The summed E-state index contributed by atoms with van der Waals surface area (Å²) in [5.41, 5.74) is 1.83. The smallest absolute Gasteiger partial charge is 0.261 e. The zero-order valence-corrected chi connectivity index (χ0v) is 20.8. The van der Waals surface area contributed by atoms with Gasteiger partial charge in [0.05, 0.1) is 0 Å². The molecule has 3 aromatic carbocycles. The lowest BCUT2D eigenvalue weighted by molar-refractivity contribution is -0.143. The molecule has 34 heavy (non-hydrogen) atoms. The van der Waals surface area contributed by atoms with Crippen molar-refractivity contribution in [3.05, 3.63) is 100 Å². The summed E-state index contributed by atoms with van der Waals surface area (Å²) >= 11 is 3.43. The van der Waals surface area contributed by atoms with Gasteiger partial charge >= 0.3 is 0 Å². The van der Waals surface area contributed by atoms with Gasteiger partial charge in [0, 0.05) is 23.5 Å². The van der Waals surface area contributed by atoms with Crippen molar-refractivity contribution in [2.75, 3.05) is 6.61 Å². The van der Waals surface area contributed by atoms with E-state index in [9.17, 15) is 14.0 Å². The zero-order valence-electron chi connectivity index (χ0n) is 19.2. The van der Waals surface area contributed by atoms with Gasteiger partial charge in [0.15, 0.2) is 6.61 Å². The van der Waals surface area contributed by atoms with E-state index >= 15 is 0 Å². The highest BCUT2D eigenvalue weighted by atomic mass is 79.9. The highest BCUT2D eigenvalue weighted by molar-refractivity contribution is 9.10. The fourth-order valence-corrected chi connectivity index (χ4v) is 3.74. The predicted molar refractivity (Wildman–Crippen MR) is 134 cm³/mol. The summed E-state index contributed by atoms with van der Waals surface area (Å²) in [6.45, 7) is 3.73. The van der Waals surface area contributed by atoms with Crippen LogP contribution in [-0.4, -0.2) is 35.4 Å². The summed E-state index contributed by atoms with van der Waals surface area (Å²) in [7, 11) is 0. The van der Waals surface area contributed by atoms with Crippen LogP contribution in [0, 0.1) is 5.82 Å². The van der Waals surface area contributed by atoms with E-state index in [2.05, 4.69) is 21.2 Å². The van der Waals surface area contributed by atoms with Crippen LogP contribution in [-0.2, 0) is 22.6 Å². The number of nitrogens with zero attached hydrogens (tertiary/aromatic N) is 1. The molecular weight excluding hydrogens is 499 g/mol. The minimum atomic E-state index is -0.738. The summed E-state index contributed by atoms with van der Waals surface area (Å²) in [5.74, 6) is -0.577. The number of carbonyl (C=O) groups is 2. The van der Waals surface area contributed by atoms with Gasteiger partial charge in [0.2, 0.25) is 5.91 Å². The van der Waals surface area contributed by atoms with Gasteiger partial charge in [-0.1, -0.05) is 58.4 Å². The van der Waals surface area contributed by atoms with Gasteiger partial charge < -0.3 is 15.0 Å². The van der Waals surface area contributed by atoms with E-state index in [1.807, 2.05) is 68.4 Å². The fraction of sp³-hybridized carbons (Fsp3) is 0.259. The molecule has 0 heterocycles. The van der Waals surface area contributed by atoms with Crippen molar-refractivity contribution >= 4 is 27.7 Å². The second kappa shape index (κ2) is 12.3. The Bertz CT molecular complexity index is 1070. The molecule has 7 heteroatoms. The molecule has 2 amide bonds. The average Bonchev–Trinajstić information content (AvgIpc) is 2.82. The highest BCUT2D eigenvalue weighted by Gasteiger charge is 2.31. The molecule has 1 N–H and O–H groups in total. The Hall–Kier alpha value is -3.19. The van der Waals surface area contributed by atoms with Gasteiger partial charge in [-0.25, -0.2) is 4.39 Å². The normalized spacial score (nSPS) is 11.7. The largest absolute Gasteiger partial charge is 0.484 e. The molecule has 3 rings (SSSR count). The van der Waals surface area contributed by atoms with Crippen LogP contribution in [0.4, 0.5) is 4.39 Å². The van der Waals surface area contributed by atoms with Crippen molar-refractivity contribution in [3.63, 3.8) is 0 Å². The molecule has 0 fully saturated rings. The lowest BCUT2D eigenvalue weighted by Gasteiger charge is -2.32. The van der Waals surface area contributed by atoms with Crippen molar-refractivity contribution in [2.45, 2.75) is 38.9 Å². The van der Waals surface area contributed by atoms with Crippen molar-refractivity contribution in [3.8, 4) is 5.75 Å². The van der Waals surface area contributed by atoms with Crippen LogP contribution < -0.4 is 10.1 Å². The molecule has 5 nitrogen and oxygen atoms in total. The van der Waals surface area contributed by atoms with Crippen LogP contribution in [0.2, 0.25) is 0 Å². The van der Waals surface area contributed by atoms with Crippen LogP contribution in [0.25, 0.3) is 0 Å². The molecule has 0 saturated carbocycles. The molecule has 1 unspecified atom stereocenters. The minimum absolute atomic E-state index is 0.0779. The molecule has 0 radical (unpaired) electrons. The number of benzene rings is 3. The van der Waals surface area contributed by atoms with Gasteiger partial charge in [-0.2, -0.15) is 0 Å². The number of carbonyl (C=O) groups excluding carboxylic acids is 2. The third-order valence-electron chi connectivity index (χ3n) is 5.14. The third kappa shape index (κ3) is 7.70. The van der Waals surface area contributed by atoms with Crippen LogP contribution in [0.1, 0.15) is 25.0 Å². The van der Waals surface area contributed by atoms with E-state index in [4.69, 9.17) is 4.74 Å². The SMILES string of the molecule is CC(C)NC(=O)C(Cc1ccccc1)N(Cc1ccc(Br)cc1)C(=O)COc1ccc(F)cc1. The molecule has 0 aliphatic heterocycles. The maximum absolute atomic E-state index is 13.4. The first-order valence-electron chi connectivity index (χ1n) is 11.1. The number of hydrogen-bond donors (Lipinski definition) is 1. The molecule has 0 spiro atoms. The summed E-state index contributed by atoms with van der Waals surface area (Å²) < 4.78 is 19.8. The average molecular weight is 527 g/mol. The Morgan fingerprint density at radius 3 is 2.21 bits per heavy atom. The number of hydrogen-bond acceptors (Lipinski definition) is 3. The van der Waals surface area contributed by atoms with Gasteiger partial charge in [0.1, 0.15) is 17.6 Å². The molecule has 0 bridgehead atoms. The highest BCUT2D eigenvalue weighted by Crippen LogP contribution is 2.18. The number of nitrogens with one attached hydrogen (secondary N) is 1. The molecule has 3 aromatic rings. The van der Waals surface area contributed by atoms with E-state index in [1.54, 1.807) is 4.90 Å². The zero-order chi connectivity index (χ0) is 24.5.